The summed E-state index contributed by atoms with van der Waals surface area (Å²) in [6.07, 6.45) is 0.394. The molecule has 138 valence electrons. The normalized spacial score (nSPS) is 16.7. The standard InChI is InChI=1S/C21H21N3O3/c1-14-4-3-5-16(10-14)20-22-21(27-23-20)17-11-19(25)24(13-17)12-15-6-8-18(26-2)9-7-15/h3-10,17H,11-13H2,1-2H3. The molecule has 1 unspecified atom stereocenters. The maximum atomic E-state index is 12.4. The second-order valence-electron chi connectivity index (χ2n) is 6.85. The van der Waals surface area contributed by atoms with Crippen molar-refractivity contribution >= 4 is 5.91 Å². The van der Waals surface area contributed by atoms with Crippen molar-refractivity contribution < 1.29 is 14.1 Å². The van der Waals surface area contributed by atoms with Gasteiger partial charge in [0.25, 0.3) is 0 Å². The van der Waals surface area contributed by atoms with Crippen LogP contribution in [-0.4, -0.2) is 34.6 Å². The second kappa shape index (κ2) is 7.23. The monoisotopic (exact) mass is 363 g/mol. The fourth-order valence-corrected chi connectivity index (χ4v) is 3.34. The van der Waals surface area contributed by atoms with Gasteiger partial charge in [-0.05, 0) is 30.7 Å². The molecule has 0 aliphatic carbocycles. The van der Waals surface area contributed by atoms with Crippen LogP contribution in [0.2, 0.25) is 0 Å². The third kappa shape index (κ3) is 3.69. The minimum atomic E-state index is -0.0678. The van der Waals surface area contributed by atoms with E-state index in [1.807, 2.05) is 60.4 Å². The average molecular weight is 363 g/mol. The van der Waals surface area contributed by atoms with E-state index < -0.39 is 0 Å². The summed E-state index contributed by atoms with van der Waals surface area (Å²) in [5.74, 6) is 1.93. The topological polar surface area (TPSA) is 68.5 Å². The van der Waals surface area contributed by atoms with Gasteiger partial charge in [-0.15, -0.1) is 0 Å². The first-order valence-electron chi connectivity index (χ1n) is 8.94. The Bertz CT molecular complexity index is 949. The summed E-state index contributed by atoms with van der Waals surface area (Å²) >= 11 is 0. The molecule has 1 amide bonds. The van der Waals surface area contributed by atoms with Crippen LogP contribution in [0.3, 0.4) is 0 Å². The van der Waals surface area contributed by atoms with Crippen molar-refractivity contribution in [2.45, 2.75) is 25.8 Å². The van der Waals surface area contributed by atoms with Gasteiger partial charge in [0.2, 0.25) is 17.6 Å². The minimum Gasteiger partial charge on any atom is -0.497 e. The first-order chi connectivity index (χ1) is 13.1. The van der Waals surface area contributed by atoms with Crippen molar-refractivity contribution in [1.29, 1.82) is 0 Å². The molecule has 0 spiro atoms. The van der Waals surface area contributed by atoms with Gasteiger partial charge >= 0.3 is 0 Å². The molecule has 1 fully saturated rings. The van der Waals surface area contributed by atoms with Gasteiger partial charge in [-0.3, -0.25) is 4.79 Å². The van der Waals surface area contributed by atoms with Crippen molar-refractivity contribution in [3.05, 3.63) is 65.5 Å². The summed E-state index contributed by atoms with van der Waals surface area (Å²) < 4.78 is 10.6. The van der Waals surface area contributed by atoms with Gasteiger partial charge in [0.05, 0.1) is 13.0 Å². The van der Waals surface area contributed by atoms with Gasteiger partial charge in [0.15, 0.2) is 0 Å². The molecule has 6 heteroatoms. The number of aryl methyl sites for hydroxylation is 1. The summed E-state index contributed by atoms with van der Waals surface area (Å²) in [5, 5.41) is 4.10. The van der Waals surface area contributed by atoms with E-state index in [1.54, 1.807) is 7.11 Å². The van der Waals surface area contributed by atoms with Gasteiger partial charge in [-0.2, -0.15) is 4.98 Å². The number of benzene rings is 2. The van der Waals surface area contributed by atoms with Crippen LogP contribution in [0.1, 0.15) is 29.4 Å². The lowest BCUT2D eigenvalue weighted by molar-refractivity contribution is -0.128. The molecule has 4 rings (SSSR count). The molecule has 3 aromatic rings. The van der Waals surface area contributed by atoms with Gasteiger partial charge in [0, 0.05) is 25.1 Å². The molecule has 2 heterocycles. The second-order valence-corrected chi connectivity index (χ2v) is 6.85. The fourth-order valence-electron chi connectivity index (χ4n) is 3.34. The number of aromatic nitrogens is 2. The molecular formula is C21H21N3O3. The molecule has 6 nitrogen and oxygen atoms in total. The van der Waals surface area contributed by atoms with Crippen LogP contribution in [0.5, 0.6) is 5.75 Å². The first kappa shape index (κ1) is 17.3. The highest BCUT2D eigenvalue weighted by molar-refractivity contribution is 5.79. The zero-order chi connectivity index (χ0) is 18.8. The molecule has 0 saturated carbocycles. The highest BCUT2D eigenvalue weighted by atomic mass is 16.5. The lowest BCUT2D eigenvalue weighted by Crippen LogP contribution is -2.24. The van der Waals surface area contributed by atoms with Gasteiger partial charge in [-0.1, -0.05) is 41.1 Å². The number of hydrogen-bond acceptors (Lipinski definition) is 5. The molecule has 0 bridgehead atoms. The maximum absolute atomic E-state index is 12.4. The maximum Gasteiger partial charge on any atom is 0.232 e. The van der Waals surface area contributed by atoms with Crippen LogP contribution in [0.15, 0.2) is 53.1 Å². The molecule has 27 heavy (non-hydrogen) atoms. The van der Waals surface area contributed by atoms with E-state index in [0.29, 0.717) is 31.2 Å². The SMILES string of the molecule is COc1ccc(CN2CC(c3nc(-c4cccc(C)c4)no3)CC2=O)cc1. The third-order valence-electron chi connectivity index (χ3n) is 4.81. The molecule has 1 aliphatic heterocycles. The minimum absolute atomic E-state index is 0.0678. The molecule has 1 aromatic heterocycles. The van der Waals surface area contributed by atoms with Crippen LogP contribution >= 0.6 is 0 Å². The van der Waals surface area contributed by atoms with Crippen molar-refractivity contribution in [3.8, 4) is 17.1 Å². The van der Waals surface area contributed by atoms with Crippen LogP contribution < -0.4 is 4.74 Å². The quantitative estimate of drug-likeness (QED) is 0.693. The Morgan fingerprint density at radius 3 is 2.78 bits per heavy atom. The average Bonchev–Trinajstić information content (AvgIpc) is 3.30. The molecular weight excluding hydrogens is 342 g/mol. The van der Waals surface area contributed by atoms with E-state index in [2.05, 4.69) is 10.1 Å². The van der Waals surface area contributed by atoms with E-state index in [1.165, 1.54) is 0 Å². The number of ether oxygens (including phenoxy) is 1. The third-order valence-corrected chi connectivity index (χ3v) is 4.81. The lowest BCUT2D eigenvalue weighted by atomic mass is 10.1. The van der Waals surface area contributed by atoms with E-state index in [9.17, 15) is 4.79 Å². The van der Waals surface area contributed by atoms with Crippen molar-refractivity contribution in [3.63, 3.8) is 0 Å². The molecule has 0 N–H and O–H groups in total. The Hall–Kier alpha value is -3.15. The Morgan fingerprint density at radius 2 is 2.04 bits per heavy atom. The number of amides is 1. The number of carbonyl (C=O) groups excluding carboxylic acids is 1. The largest absolute Gasteiger partial charge is 0.497 e. The first-order valence-corrected chi connectivity index (χ1v) is 8.94. The Kier molecular flexibility index (Phi) is 4.62. The van der Waals surface area contributed by atoms with Crippen LogP contribution in [0.25, 0.3) is 11.4 Å². The van der Waals surface area contributed by atoms with E-state index >= 15 is 0 Å². The molecule has 1 saturated heterocycles. The summed E-state index contributed by atoms with van der Waals surface area (Å²) in [6, 6.07) is 15.7. The van der Waals surface area contributed by atoms with Crippen LogP contribution in [0, 0.1) is 6.92 Å². The summed E-state index contributed by atoms with van der Waals surface area (Å²) in [6.45, 7) is 3.18. The van der Waals surface area contributed by atoms with Crippen LogP contribution in [-0.2, 0) is 11.3 Å². The Labute approximate surface area is 157 Å². The number of likely N-dealkylation sites (tertiary alicyclic amines) is 1. The predicted octanol–water partition coefficient (Wildman–Crippen LogP) is 3.57. The van der Waals surface area contributed by atoms with Crippen molar-refractivity contribution in [2.24, 2.45) is 0 Å². The Balaban J connectivity index is 1.46. The number of methoxy groups -OCH3 is 1. The van der Waals surface area contributed by atoms with Gasteiger partial charge < -0.3 is 14.2 Å². The predicted molar refractivity (Wildman–Crippen MR) is 100 cm³/mol. The highest BCUT2D eigenvalue weighted by Crippen LogP contribution is 2.30. The highest BCUT2D eigenvalue weighted by Gasteiger charge is 2.34. The summed E-state index contributed by atoms with van der Waals surface area (Å²) in [7, 11) is 1.64. The van der Waals surface area contributed by atoms with E-state index in [0.717, 1.165) is 22.4 Å². The van der Waals surface area contributed by atoms with Crippen molar-refractivity contribution in [2.75, 3.05) is 13.7 Å². The molecule has 2 aromatic carbocycles. The zero-order valence-electron chi connectivity index (χ0n) is 15.4. The van der Waals surface area contributed by atoms with Gasteiger partial charge in [0.1, 0.15) is 5.75 Å². The van der Waals surface area contributed by atoms with E-state index in [-0.39, 0.29) is 11.8 Å². The fraction of sp³-hybridized carbons (Fsp3) is 0.286. The smallest absolute Gasteiger partial charge is 0.232 e. The zero-order valence-corrected chi connectivity index (χ0v) is 15.4. The number of nitrogens with zero attached hydrogens (tertiary/aromatic N) is 3. The molecule has 1 aliphatic rings. The molecule has 0 radical (unpaired) electrons. The lowest BCUT2D eigenvalue weighted by Gasteiger charge is -2.16. The summed E-state index contributed by atoms with van der Waals surface area (Å²) in [5.41, 5.74) is 3.13. The van der Waals surface area contributed by atoms with Crippen molar-refractivity contribution in [1.82, 2.24) is 15.0 Å². The van der Waals surface area contributed by atoms with Gasteiger partial charge in [-0.25, -0.2) is 0 Å². The van der Waals surface area contributed by atoms with E-state index in [4.69, 9.17) is 9.26 Å². The van der Waals surface area contributed by atoms with Crippen LogP contribution in [0.4, 0.5) is 0 Å². The summed E-state index contributed by atoms with van der Waals surface area (Å²) in [4.78, 5) is 18.8. The number of carbonyl (C=O) groups is 1. The Morgan fingerprint density at radius 1 is 1.22 bits per heavy atom. The molecule has 1 atom stereocenters. The number of hydrogen-bond donors (Lipinski definition) is 0. The number of rotatable bonds is 5.